The Kier molecular flexibility index (Phi) is 22.5. The first-order valence-corrected chi connectivity index (χ1v) is 33.1. The molecule has 420 valence electrons. The Morgan fingerprint density at radius 2 is 1.05 bits per heavy atom. The molecular weight excluding hydrogens is 1070 g/mol. The van der Waals surface area contributed by atoms with Gasteiger partial charge in [-0.25, -0.2) is 0 Å². The zero-order valence-corrected chi connectivity index (χ0v) is 51.4. The van der Waals surface area contributed by atoms with Gasteiger partial charge < -0.3 is 18.9 Å². The summed E-state index contributed by atoms with van der Waals surface area (Å²) in [5, 5.41) is 2.12. The first-order chi connectivity index (χ1) is 38.4. The second-order valence-corrected chi connectivity index (χ2v) is 27.0. The quantitative estimate of drug-likeness (QED) is 0.0232. The lowest BCUT2D eigenvalue weighted by Gasteiger charge is -2.27. The molecule has 9 rings (SSSR count). The average molecular weight is 1160 g/mol. The summed E-state index contributed by atoms with van der Waals surface area (Å²) in [4.78, 5) is 29.2. The number of hydrogen-bond acceptors (Lipinski definition) is 11. The Morgan fingerprint density at radius 1 is 0.557 bits per heavy atom. The van der Waals surface area contributed by atoms with Gasteiger partial charge in [0.1, 0.15) is 12.2 Å². The highest BCUT2D eigenvalue weighted by molar-refractivity contribution is 7.39. The average Bonchev–Trinajstić information content (AvgIpc) is 4.33. The number of rotatable bonds is 33. The fraction of sp³-hybridized carbons (Fsp3) is 0.441. The minimum Gasteiger partial charge on any atom is -0.484 e. The largest absolute Gasteiger partial charge is 0.484 e. The van der Waals surface area contributed by atoms with E-state index < -0.39 is 0 Å². The van der Waals surface area contributed by atoms with Crippen molar-refractivity contribution in [2.45, 2.75) is 180 Å². The van der Waals surface area contributed by atoms with Crippen LogP contribution in [0, 0.1) is 13.8 Å². The van der Waals surface area contributed by atoms with Crippen LogP contribution < -0.4 is 9.47 Å². The third-order valence-electron chi connectivity index (χ3n) is 15.3. The van der Waals surface area contributed by atoms with Crippen molar-refractivity contribution in [2.24, 2.45) is 0 Å². The SMILES string of the molecule is C=CC(C=C)OC(=O)CCCCCCCCCCOc1cc2c(s1)-c1sc(C)cc1C2.C=CC(C=C)OC(=O)CCCCCCCCCCOc1cc2sc3cc(-c4ccc5c(c4)C(C)(CCC)c4cc(C)ccc4-5)sc3c2s1. The molecule has 11 heteroatoms. The van der Waals surface area contributed by atoms with Gasteiger partial charge in [0.15, 0.2) is 10.1 Å². The molecule has 6 nitrogen and oxygen atoms in total. The lowest BCUT2D eigenvalue weighted by atomic mass is 9.76. The molecule has 2 aliphatic rings. The number of esters is 2. The second-order valence-electron chi connectivity index (χ2n) is 21.6. The highest BCUT2D eigenvalue weighted by Crippen LogP contribution is 2.54. The fourth-order valence-electron chi connectivity index (χ4n) is 11.1. The molecule has 2 aliphatic carbocycles. The summed E-state index contributed by atoms with van der Waals surface area (Å²) in [6.45, 7) is 25.3. The van der Waals surface area contributed by atoms with E-state index in [4.69, 9.17) is 18.9 Å². The van der Waals surface area contributed by atoms with Crippen LogP contribution in [-0.2, 0) is 30.9 Å². The van der Waals surface area contributed by atoms with E-state index in [1.807, 2.05) is 45.3 Å². The van der Waals surface area contributed by atoms with Crippen molar-refractivity contribution in [3.05, 3.63) is 144 Å². The molecular formula is C68H82O6S5. The van der Waals surface area contributed by atoms with E-state index in [-0.39, 0.29) is 29.6 Å². The molecule has 0 bridgehead atoms. The molecule has 0 saturated carbocycles. The molecule has 0 N–H and O–H groups in total. The number of carbonyl (C=O) groups excluding carboxylic acids is 2. The normalized spacial score (nSPS) is 13.9. The van der Waals surface area contributed by atoms with Crippen molar-refractivity contribution < 1.29 is 28.5 Å². The van der Waals surface area contributed by atoms with E-state index >= 15 is 0 Å². The monoisotopic (exact) mass is 1150 g/mol. The minimum atomic E-state index is -0.379. The number of hydrogen-bond donors (Lipinski definition) is 0. The summed E-state index contributed by atoms with van der Waals surface area (Å²) in [6.07, 6.45) is 28.3. The van der Waals surface area contributed by atoms with Gasteiger partial charge in [0, 0.05) is 50.1 Å². The minimum absolute atomic E-state index is 0.0592. The van der Waals surface area contributed by atoms with Gasteiger partial charge >= 0.3 is 11.9 Å². The van der Waals surface area contributed by atoms with E-state index in [0.717, 1.165) is 74.7 Å². The van der Waals surface area contributed by atoms with Gasteiger partial charge in [0.05, 0.1) is 32.2 Å². The van der Waals surface area contributed by atoms with Gasteiger partial charge in [0.2, 0.25) is 0 Å². The molecule has 1 atom stereocenters. The topological polar surface area (TPSA) is 71.1 Å². The predicted octanol–water partition coefficient (Wildman–Crippen LogP) is 21.3. The smallest absolute Gasteiger partial charge is 0.306 e. The van der Waals surface area contributed by atoms with Crippen molar-refractivity contribution in [2.75, 3.05) is 13.2 Å². The number of unbranched alkanes of at least 4 members (excludes halogenated alkanes) is 14. The number of carbonyl (C=O) groups is 2. The Bertz CT molecular complexity index is 3160. The number of ether oxygens (including phenoxy) is 4. The van der Waals surface area contributed by atoms with Gasteiger partial charge in [-0.2, -0.15) is 0 Å². The molecule has 0 aliphatic heterocycles. The standard InChI is InChI=1S/C42H48O3S3.C26H34O3S2/c1-6-22-42(5)33-24-28(4)18-20-31(33)32-21-19-29(25-34(32)42)35-26-36-40(47-35)41-37(46-36)27-39(48-41)44-23-16-14-12-10-9-11-13-15-17-38(43)45-30(7-2)8-3;1-4-22(5-2)29-23(27)14-12-10-8-6-7-9-11-13-15-28-24-18-21-17-20-16-19(3)30-25(20)26(21)31-24/h7-8,18-21,24-27,30H,2-3,6,9-17,22-23H2,1,4-5H3;4-5,16,18,22H,1-2,6-15,17H2,3H3. The van der Waals surface area contributed by atoms with Gasteiger partial charge in [0.25, 0.3) is 0 Å². The first-order valence-electron chi connectivity index (χ1n) is 29.0. The van der Waals surface area contributed by atoms with Gasteiger partial charge in [-0.1, -0.05) is 182 Å². The van der Waals surface area contributed by atoms with E-state index in [9.17, 15) is 9.59 Å². The third-order valence-corrected chi connectivity index (χ3v) is 21.4. The van der Waals surface area contributed by atoms with E-state index in [1.54, 1.807) is 35.6 Å². The molecule has 0 amide bonds. The van der Waals surface area contributed by atoms with Gasteiger partial charge in [-0.05, 0) is 133 Å². The van der Waals surface area contributed by atoms with Gasteiger partial charge in [-0.3, -0.25) is 9.59 Å². The highest BCUT2D eigenvalue weighted by Gasteiger charge is 2.39. The maximum absolute atomic E-state index is 11.8. The molecule has 79 heavy (non-hydrogen) atoms. The van der Waals surface area contributed by atoms with Crippen LogP contribution >= 0.6 is 56.7 Å². The summed E-state index contributed by atoms with van der Waals surface area (Å²) >= 11 is 9.35. The predicted molar refractivity (Wildman–Crippen MR) is 342 cm³/mol. The Labute approximate surface area is 491 Å². The highest BCUT2D eigenvalue weighted by atomic mass is 32.1. The number of thiophene rings is 5. The lowest BCUT2D eigenvalue weighted by molar-refractivity contribution is -0.146. The van der Waals surface area contributed by atoms with E-state index in [1.165, 1.54) is 153 Å². The Morgan fingerprint density at radius 3 is 1.63 bits per heavy atom. The van der Waals surface area contributed by atoms with Crippen molar-refractivity contribution in [1.29, 1.82) is 0 Å². The zero-order chi connectivity index (χ0) is 55.7. The first kappa shape index (κ1) is 60.1. The molecule has 0 radical (unpaired) electrons. The van der Waals surface area contributed by atoms with Crippen LogP contribution in [0.4, 0.5) is 0 Å². The van der Waals surface area contributed by atoms with Crippen LogP contribution in [0.25, 0.3) is 50.1 Å². The summed E-state index contributed by atoms with van der Waals surface area (Å²) in [5.41, 5.74) is 11.5. The fourth-order valence-corrected chi connectivity index (χ4v) is 17.3. The summed E-state index contributed by atoms with van der Waals surface area (Å²) in [5.74, 6) is -0.326. The third kappa shape index (κ3) is 15.7. The van der Waals surface area contributed by atoms with Crippen LogP contribution in [0.3, 0.4) is 0 Å². The summed E-state index contributed by atoms with van der Waals surface area (Å²) in [6, 6.07) is 23.4. The number of benzene rings is 2. The van der Waals surface area contributed by atoms with Crippen LogP contribution in [0.1, 0.15) is 175 Å². The summed E-state index contributed by atoms with van der Waals surface area (Å²) in [7, 11) is 0. The summed E-state index contributed by atoms with van der Waals surface area (Å²) < 4.78 is 28.2. The van der Waals surface area contributed by atoms with E-state index in [2.05, 4.69) is 115 Å². The van der Waals surface area contributed by atoms with Crippen molar-refractivity contribution in [3.8, 4) is 41.4 Å². The van der Waals surface area contributed by atoms with Crippen molar-refractivity contribution in [1.82, 2.24) is 0 Å². The van der Waals surface area contributed by atoms with Crippen molar-refractivity contribution in [3.63, 3.8) is 0 Å². The Hall–Kier alpha value is -5.04. The van der Waals surface area contributed by atoms with Crippen molar-refractivity contribution >= 4 is 87.4 Å². The molecule has 0 saturated heterocycles. The van der Waals surface area contributed by atoms with Gasteiger partial charge in [-0.15, -0.1) is 34.0 Å². The molecule has 5 heterocycles. The van der Waals surface area contributed by atoms with Crippen LogP contribution in [0.15, 0.2) is 111 Å². The Balaban J connectivity index is 0.000000229. The van der Waals surface area contributed by atoms with E-state index in [0.29, 0.717) is 12.8 Å². The lowest BCUT2D eigenvalue weighted by Crippen LogP contribution is -2.20. The zero-order valence-electron chi connectivity index (χ0n) is 47.3. The molecule has 2 aromatic carbocycles. The maximum Gasteiger partial charge on any atom is 0.306 e. The maximum atomic E-state index is 11.8. The second kappa shape index (κ2) is 29.6. The molecule has 0 spiro atoms. The van der Waals surface area contributed by atoms with Crippen LogP contribution in [0.2, 0.25) is 0 Å². The van der Waals surface area contributed by atoms with Crippen LogP contribution in [0.5, 0.6) is 10.1 Å². The number of fused-ring (bicyclic) bond motifs is 9. The number of aryl methyl sites for hydroxylation is 2. The molecule has 7 aromatic rings. The van der Waals surface area contributed by atoms with Crippen LogP contribution in [-0.4, -0.2) is 37.4 Å². The molecule has 5 aromatic heterocycles. The molecule has 1 unspecified atom stereocenters. The molecule has 0 fully saturated rings.